The summed E-state index contributed by atoms with van der Waals surface area (Å²) in [6.07, 6.45) is 6.82. The van der Waals surface area contributed by atoms with E-state index in [1.54, 1.807) is 0 Å². The van der Waals surface area contributed by atoms with Crippen molar-refractivity contribution in [2.24, 2.45) is 4.99 Å². The van der Waals surface area contributed by atoms with Gasteiger partial charge in [0.05, 0.1) is 13.2 Å². The van der Waals surface area contributed by atoms with Gasteiger partial charge < -0.3 is 14.9 Å². The summed E-state index contributed by atoms with van der Waals surface area (Å²) in [5.74, 6) is 1.19. The smallest absolute Gasteiger partial charge is 0.294 e. The number of benzene rings is 1. The average Bonchev–Trinajstić information content (AvgIpc) is 2.74. The predicted molar refractivity (Wildman–Crippen MR) is 112 cm³/mol. The first kappa shape index (κ1) is 23.2. The largest absolute Gasteiger partial charge is 0.494 e. The topological polar surface area (TPSA) is 125 Å². The summed E-state index contributed by atoms with van der Waals surface area (Å²) in [5, 5.41) is 23.4. The highest BCUT2D eigenvalue weighted by molar-refractivity contribution is 5.81. The van der Waals surface area contributed by atoms with E-state index in [1.807, 2.05) is 18.3 Å². The van der Waals surface area contributed by atoms with Crippen LogP contribution < -0.4 is 15.4 Å². The number of guanidine groups is 1. The third-order valence-corrected chi connectivity index (χ3v) is 4.58. The summed E-state index contributed by atoms with van der Waals surface area (Å²) in [4.78, 5) is 21.1. The minimum Gasteiger partial charge on any atom is -0.494 e. The Bertz CT molecular complexity index is 715. The SMILES string of the molecule is N#CNC(=NCCCOc1cccc(CN2CCCCC2)c1)NCCCO[N+](=O)[O-]. The zero-order valence-corrected chi connectivity index (χ0v) is 17.2. The fraction of sp³-hybridized carbons (Fsp3) is 0.600. The normalized spacial score (nSPS) is 14.6. The lowest BCUT2D eigenvalue weighted by Gasteiger charge is -2.26. The summed E-state index contributed by atoms with van der Waals surface area (Å²) in [5.41, 5.74) is 1.26. The number of nitriles is 1. The second-order valence-corrected chi connectivity index (χ2v) is 6.99. The van der Waals surface area contributed by atoms with Crippen LogP contribution in [0.15, 0.2) is 29.3 Å². The van der Waals surface area contributed by atoms with E-state index >= 15 is 0 Å². The molecule has 1 fully saturated rings. The first-order valence-electron chi connectivity index (χ1n) is 10.3. The molecule has 0 radical (unpaired) electrons. The average molecular weight is 418 g/mol. The summed E-state index contributed by atoms with van der Waals surface area (Å²) >= 11 is 0. The van der Waals surface area contributed by atoms with Crippen molar-refractivity contribution in [1.29, 1.82) is 5.26 Å². The van der Waals surface area contributed by atoms with Crippen LogP contribution in [0.25, 0.3) is 0 Å². The molecule has 1 aromatic rings. The molecule has 1 aliphatic heterocycles. The van der Waals surface area contributed by atoms with Crippen LogP contribution in [-0.2, 0) is 11.4 Å². The molecule has 1 aliphatic rings. The molecule has 1 heterocycles. The summed E-state index contributed by atoms with van der Waals surface area (Å²) in [6, 6.07) is 8.21. The molecule has 30 heavy (non-hydrogen) atoms. The fourth-order valence-electron chi connectivity index (χ4n) is 3.17. The van der Waals surface area contributed by atoms with E-state index in [0.29, 0.717) is 38.5 Å². The van der Waals surface area contributed by atoms with Gasteiger partial charge >= 0.3 is 0 Å². The fourth-order valence-corrected chi connectivity index (χ4v) is 3.17. The molecule has 0 amide bonds. The third-order valence-electron chi connectivity index (χ3n) is 4.58. The number of piperidine rings is 1. The Balaban J connectivity index is 1.66. The molecule has 2 N–H and O–H groups in total. The van der Waals surface area contributed by atoms with E-state index in [9.17, 15) is 10.1 Å². The van der Waals surface area contributed by atoms with E-state index < -0.39 is 5.09 Å². The number of nitrogens with zero attached hydrogens (tertiary/aromatic N) is 4. The van der Waals surface area contributed by atoms with Crippen molar-refractivity contribution in [2.45, 2.75) is 38.6 Å². The van der Waals surface area contributed by atoms with E-state index in [1.165, 1.54) is 37.9 Å². The van der Waals surface area contributed by atoms with Crippen molar-refractivity contribution < 1.29 is 14.7 Å². The molecule has 0 atom stereocenters. The van der Waals surface area contributed by atoms with Crippen LogP contribution in [0.4, 0.5) is 0 Å². The molecule has 0 unspecified atom stereocenters. The molecule has 0 bridgehead atoms. The Morgan fingerprint density at radius 1 is 1.27 bits per heavy atom. The second-order valence-electron chi connectivity index (χ2n) is 6.99. The molecule has 0 spiro atoms. The van der Waals surface area contributed by atoms with Crippen LogP contribution in [0.1, 0.15) is 37.7 Å². The molecule has 10 heteroatoms. The number of nitrogens with one attached hydrogen (secondary N) is 2. The first-order valence-corrected chi connectivity index (χ1v) is 10.3. The molecule has 2 rings (SSSR count). The van der Waals surface area contributed by atoms with Gasteiger partial charge in [0.1, 0.15) is 5.75 Å². The van der Waals surface area contributed by atoms with Crippen LogP contribution >= 0.6 is 0 Å². The molecular weight excluding hydrogens is 388 g/mol. The Morgan fingerprint density at radius 3 is 2.87 bits per heavy atom. The number of hydrogen-bond acceptors (Lipinski definition) is 7. The second kappa shape index (κ2) is 14.0. The van der Waals surface area contributed by atoms with E-state index in [4.69, 9.17) is 10.00 Å². The highest BCUT2D eigenvalue weighted by Crippen LogP contribution is 2.17. The van der Waals surface area contributed by atoms with E-state index in [0.717, 1.165) is 12.3 Å². The molecule has 10 nitrogen and oxygen atoms in total. The number of likely N-dealkylation sites (tertiary alicyclic amines) is 1. The quantitative estimate of drug-likeness (QED) is 0.100. The van der Waals surface area contributed by atoms with Gasteiger partial charge in [0.15, 0.2) is 6.19 Å². The Hall–Kier alpha value is -3.06. The Kier molecular flexibility index (Phi) is 10.8. The number of hydrogen-bond donors (Lipinski definition) is 2. The standard InChI is InChI=1S/C20H30N6O4/c21-17-24-20(23-10-6-14-30-26(27)28)22-9-5-13-29-19-8-4-7-18(15-19)16-25-11-2-1-3-12-25/h4,7-8,15H,1-3,5-6,9-14,16H2,(H2,22,23,24). The molecule has 164 valence electrons. The number of aliphatic imine (C=N–C) groups is 1. The van der Waals surface area contributed by atoms with Crippen molar-refractivity contribution in [1.82, 2.24) is 15.5 Å². The van der Waals surface area contributed by atoms with Crippen LogP contribution in [-0.4, -0.2) is 55.3 Å². The van der Waals surface area contributed by atoms with Crippen LogP contribution in [0, 0.1) is 21.6 Å². The number of rotatable bonds is 12. The van der Waals surface area contributed by atoms with Gasteiger partial charge in [-0.1, -0.05) is 18.6 Å². The zero-order chi connectivity index (χ0) is 21.4. The van der Waals surface area contributed by atoms with E-state index in [2.05, 4.69) is 37.5 Å². The predicted octanol–water partition coefficient (Wildman–Crippen LogP) is 2.06. The van der Waals surface area contributed by atoms with Crippen molar-refractivity contribution in [3.05, 3.63) is 39.9 Å². The van der Waals surface area contributed by atoms with Crippen LogP contribution in [0.3, 0.4) is 0 Å². The van der Waals surface area contributed by atoms with Gasteiger partial charge in [0.25, 0.3) is 5.09 Å². The molecule has 0 aliphatic carbocycles. The first-order chi connectivity index (χ1) is 14.7. The maximum absolute atomic E-state index is 10.1. The molecule has 0 aromatic heterocycles. The molecule has 1 aromatic carbocycles. The molecule has 0 saturated carbocycles. The van der Waals surface area contributed by atoms with Crippen molar-refractivity contribution in [3.8, 4) is 11.9 Å². The van der Waals surface area contributed by atoms with Crippen molar-refractivity contribution in [2.75, 3.05) is 39.4 Å². The van der Waals surface area contributed by atoms with Crippen LogP contribution in [0.5, 0.6) is 5.75 Å². The van der Waals surface area contributed by atoms with E-state index in [-0.39, 0.29) is 6.61 Å². The summed E-state index contributed by atoms with van der Waals surface area (Å²) in [6.45, 7) is 4.69. The zero-order valence-electron chi connectivity index (χ0n) is 17.2. The Morgan fingerprint density at radius 2 is 2.10 bits per heavy atom. The summed E-state index contributed by atoms with van der Waals surface area (Å²) in [7, 11) is 0. The van der Waals surface area contributed by atoms with Gasteiger partial charge in [-0.3, -0.25) is 15.2 Å². The highest BCUT2D eigenvalue weighted by Gasteiger charge is 2.10. The third kappa shape index (κ3) is 9.93. The maximum Gasteiger partial charge on any atom is 0.294 e. The van der Waals surface area contributed by atoms with Gasteiger partial charge in [0, 0.05) is 26.1 Å². The van der Waals surface area contributed by atoms with Gasteiger partial charge in [-0.2, -0.15) is 5.26 Å². The van der Waals surface area contributed by atoms with Gasteiger partial charge in [-0.15, -0.1) is 10.1 Å². The maximum atomic E-state index is 10.1. The lowest BCUT2D eigenvalue weighted by atomic mass is 10.1. The molecular formula is C20H30N6O4. The lowest BCUT2D eigenvalue weighted by Crippen LogP contribution is -2.35. The van der Waals surface area contributed by atoms with Crippen molar-refractivity contribution >= 4 is 5.96 Å². The number of ether oxygens (including phenoxy) is 1. The lowest BCUT2D eigenvalue weighted by molar-refractivity contribution is -0.757. The Labute approximate surface area is 177 Å². The van der Waals surface area contributed by atoms with Gasteiger partial charge in [-0.25, -0.2) is 0 Å². The van der Waals surface area contributed by atoms with Crippen molar-refractivity contribution in [3.63, 3.8) is 0 Å². The molecule has 1 saturated heterocycles. The monoisotopic (exact) mass is 418 g/mol. The summed E-state index contributed by atoms with van der Waals surface area (Å²) < 4.78 is 5.84. The van der Waals surface area contributed by atoms with Gasteiger partial charge in [-0.05, 0) is 50.0 Å². The minimum absolute atomic E-state index is 0.00943. The van der Waals surface area contributed by atoms with Gasteiger partial charge in [0.2, 0.25) is 5.96 Å². The minimum atomic E-state index is -0.827. The highest BCUT2D eigenvalue weighted by atomic mass is 16.9. The van der Waals surface area contributed by atoms with Crippen LogP contribution in [0.2, 0.25) is 0 Å².